The number of aryl methyl sites for hydroxylation is 2. The zero-order valence-corrected chi connectivity index (χ0v) is 22.8. The fraction of sp³-hybridized carbons (Fsp3) is 0.536. The number of fused-ring (bicyclic) bond motifs is 1. The number of benzene rings is 1. The third-order valence-corrected chi connectivity index (χ3v) is 6.43. The number of esters is 1. The quantitative estimate of drug-likeness (QED) is 0.139. The fourth-order valence-corrected chi connectivity index (χ4v) is 4.30. The molecule has 0 spiro atoms. The first-order valence-corrected chi connectivity index (χ1v) is 13.0. The highest BCUT2D eigenvalue weighted by Crippen LogP contribution is 2.37. The summed E-state index contributed by atoms with van der Waals surface area (Å²) >= 11 is 0. The predicted molar refractivity (Wildman–Crippen MR) is 142 cm³/mol. The Morgan fingerprint density at radius 2 is 1.89 bits per heavy atom. The average Bonchev–Trinajstić information content (AvgIpc) is 3.22. The van der Waals surface area contributed by atoms with Gasteiger partial charge in [-0.25, -0.2) is 9.79 Å². The molecule has 1 aromatic carbocycles. The molecule has 0 fully saturated rings. The van der Waals surface area contributed by atoms with E-state index in [-0.39, 0.29) is 42.0 Å². The molecular weight excluding hydrogens is 499 g/mol. The van der Waals surface area contributed by atoms with Crippen molar-refractivity contribution in [3.8, 4) is 0 Å². The van der Waals surface area contributed by atoms with Crippen molar-refractivity contribution in [2.24, 2.45) is 10.9 Å². The number of aromatic nitrogens is 1. The number of amides is 1. The molecule has 0 saturated heterocycles. The van der Waals surface area contributed by atoms with E-state index in [1.165, 1.54) is 13.2 Å². The van der Waals surface area contributed by atoms with Crippen molar-refractivity contribution in [1.82, 2.24) is 10.3 Å². The van der Waals surface area contributed by atoms with Crippen molar-refractivity contribution in [2.45, 2.75) is 78.4 Å². The molecule has 10 heteroatoms. The van der Waals surface area contributed by atoms with E-state index in [4.69, 9.17) is 9.47 Å². The molecule has 1 heterocycles. The number of para-hydroxylation sites is 1. The molecule has 0 aliphatic carbocycles. The Morgan fingerprint density at radius 1 is 1.18 bits per heavy atom. The van der Waals surface area contributed by atoms with E-state index in [9.17, 15) is 22.8 Å². The van der Waals surface area contributed by atoms with Crippen LogP contribution in [0.15, 0.2) is 35.5 Å². The molecule has 210 valence electrons. The number of aromatic amines is 1. The van der Waals surface area contributed by atoms with Crippen LogP contribution in [0, 0.1) is 5.92 Å². The monoisotopic (exact) mass is 537 g/mol. The molecule has 0 aliphatic rings. The topological polar surface area (TPSA) is 92.8 Å². The molecule has 1 unspecified atom stereocenters. The van der Waals surface area contributed by atoms with Gasteiger partial charge in [0, 0.05) is 17.5 Å². The number of carbonyl (C=O) groups excluding carboxylic acids is 2. The van der Waals surface area contributed by atoms with Gasteiger partial charge in [-0.05, 0) is 43.7 Å². The summed E-state index contributed by atoms with van der Waals surface area (Å²) in [6.07, 6.45) is -1.34. The summed E-state index contributed by atoms with van der Waals surface area (Å²) < 4.78 is 51.0. The van der Waals surface area contributed by atoms with Crippen LogP contribution in [0.1, 0.15) is 70.2 Å². The van der Waals surface area contributed by atoms with Gasteiger partial charge in [-0.15, -0.1) is 0 Å². The maximum Gasteiger partial charge on any atom is 0.418 e. The number of carbonyl (C=O) groups is 2. The third kappa shape index (κ3) is 7.85. The third-order valence-electron chi connectivity index (χ3n) is 6.43. The lowest BCUT2D eigenvalue weighted by Gasteiger charge is -2.25. The van der Waals surface area contributed by atoms with Gasteiger partial charge < -0.3 is 19.8 Å². The summed E-state index contributed by atoms with van der Waals surface area (Å²) in [5.41, 5.74) is 0.838. The lowest BCUT2D eigenvalue weighted by Crippen LogP contribution is -2.46. The Hall–Kier alpha value is -3.30. The van der Waals surface area contributed by atoms with Crippen molar-refractivity contribution < 1.29 is 32.2 Å². The van der Waals surface area contributed by atoms with E-state index in [2.05, 4.69) is 21.9 Å². The molecular formula is C28H38F3N3O4. The second kappa shape index (κ2) is 14.0. The number of hydrogen-bond donors (Lipinski definition) is 2. The zero-order valence-electron chi connectivity index (χ0n) is 22.8. The van der Waals surface area contributed by atoms with Crippen LogP contribution in [0.3, 0.4) is 0 Å². The van der Waals surface area contributed by atoms with Crippen molar-refractivity contribution in [1.29, 1.82) is 0 Å². The fourth-order valence-electron chi connectivity index (χ4n) is 4.30. The first kappa shape index (κ1) is 30.9. The summed E-state index contributed by atoms with van der Waals surface area (Å²) in [6, 6.07) is 3.61. The van der Waals surface area contributed by atoms with Crippen LogP contribution in [-0.4, -0.2) is 42.5 Å². The maximum atomic E-state index is 13.6. The minimum atomic E-state index is -4.46. The molecule has 0 aliphatic heterocycles. The maximum absolute atomic E-state index is 13.6. The van der Waals surface area contributed by atoms with Gasteiger partial charge in [0.05, 0.1) is 24.8 Å². The molecule has 0 bridgehead atoms. The van der Waals surface area contributed by atoms with Crippen LogP contribution < -0.4 is 5.32 Å². The largest absolute Gasteiger partial charge is 0.483 e. The minimum Gasteiger partial charge on any atom is -0.483 e. The molecule has 0 radical (unpaired) electrons. The molecule has 2 N–H and O–H groups in total. The number of hydrogen-bond acceptors (Lipinski definition) is 5. The lowest BCUT2D eigenvalue weighted by molar-refractivity contribution is -0.138. The highest BCUT2D eigenvalue weighted by atomic mass is 19.4. The first-order chi connectivity index (χ1) is 18.0. The number of alkyl halides is 3. The standard InChI is InChI=1S/C28H38F3N3O4/c1-7-12-19-20-13-10-14-21(28(29,30)31)25(20)33-22(19)15-11-16-23(35)34-24(17(4)8-2)26(37-6)32-18(5)27(36)38-9-3/h10,13-14,17,24,33H,5,7-9,11-12,15-16H2,1-4,6H3,(H,34,35)/t17-,24?/m0/s1. The van der Waals surface area contributed by atoms with Crippen molar-refractivity contribution in [3.05, 3.63) is 47.3 Å². The van der Waals surface area contributed by atoms with Crippen LogP contribution in [0.25, 0.3) is 10.9 Å². The number of rotatable bonds is 13. The molecule has 2 rings (SSSR count). The normalized spacial score (nSPS) is 13.7. The summed E-state index contributed by atoms with van der Waals surface area (Å²) in [6.45, 7) is 11.3. The van der Waals surface area contributed by atoms with E-state index < -0.39 is 23.8 Å². The van der Waals surface area contributed by atoms with Gasteiger partial charge in [-0.1, -0.05) is 52.3 Å². The zero-order chi connectivity index (χ0) is 28.5. The van der Waals surface area contributed by atoms with E-state index in [0.29, 0.717) is 31.1 Å². The molecule has 0 saturated carbocycles. The number of nitrogens with zero attached hydrogens (tertiary/aromatic N) is 1. The van der Waals surface area contributed by atoms with Crippen LogP contribution in [0.5, 0.6) is 0 Å². The smallest absolute Gasteiger partial charge is 0.418 e. The minimum absolute atomic E-state index is 0.0571. The number of aliphatic imine (C=N–C) groups is 1. The van der Waals surface area contributed by atoms with Crippen LogP contribution in [0.2, 0.25) is 0 Å². The summed E-state index contributed by atoms with van der Waals surface area (Å²) in [5, 5.41) is 3.50. The van der Waals surface area contributed by atoms with Gasteiger partial charge in [-0.3, -0.25) is 4.79 Å². The number of H-pyrrole nitrogens is 1. The number of halogens is 3. The summed E-state index contributed by atoms with van der Waals surface area (Å²) in [4.78, 5) is 32.0. The highest BCUT2D eigenvalue weighted by molar-refractivity contribution is 5.94. The molecule has 38 heavy (non-hydrogen) atoms. The van der Waals surface area contributed by atoms with Gasteiger partial charge in [0.1, 0.15) is 11.7 Å². The van der Waals surface area contributed by atoms with Crippen LogP contribution >= 0.6 is 0 Å². The van der Waals surface area contributed by atoms with E-state index >= 15 is 0 Å². The van der Waals surface area contributed by atoms with E-state index in [0.717, 1.165) is 23.7 Å². The van der Waals surface area contributed by atoms with Gasteiger partial charge in [0.2, 0.25) is 11.8 Å². The van der Waals surface area contributed by atoms with Crippen LogP contribution in [0.4, 0.5) is 13.2 Å². The lowest BCUT2D eigenvalue weighted by atomic mass is 9.98. The highest BCUT2D eigenvalue weighted by Gasteiger charge is 2.34. The van der Waals surface area contributed by atoms with Gasteiger partial charge in [0.25, 0.3) is 0 Å². The Morgan fingerprint density at radius 3 is 2.47 bits per heavy atom. The van der Waals surface area contributed by atoms with Crippen molar-refractivity contribution in [3.63, 3.8) is 0 Å². The second-order valence-corrected chi connectivity index (χ2v) is 9.16. The SMILES string of the molecule is C=C(N=C(OC)C(NC(=O)CCCc1[nH]c2c(C(F)(F)F)cccc2c1CCC)[C@@H](C)CC)C(=O)OCC. The first-order valence-electron chi connectivity index (χ1n) is 13.0. The molecule has 1 amide bonds. The van der Waals surface area contributed by atoms with Gasteiger partial charge in [-0.2, -0.15) is 13.2 Å². The molecule has 7 nitrogen and oxygen atoms in total. The van der Waals surface area contributed by atoms with Crippen LogP contribution in [-0.2, 0) is 38.1 Å². The Kier molecular flexibility index (Phi) is 11.4. The van der Waals surface area contributed by atoms with Crippen molar-refractivity contribution in [2.75, 3.05) is 13.7 Å². The molecule has 1 aromatic heterocycles. The number of methoxy groups -OCH3 is 1. The average molecular weight is 538 g/mol. The summed E-state index contributed by atoms with van der Waals surface area (Å²) in [7, 11) is 1.40. The van der Waals surface area contributed by atoms with E-state index in [1.54, 1.807) is 13.0 Å². The predicted octanol–water partition coefficient (Wildman–Crippen LogP) is 6.11. The van der Waals surface area contributed by atoms with E-state index in [1.807, 2.05) is 20.8 Å². The Labute approximate surface area is 221 Å². The van der Waals surface area contributed by atoms with Crippen molar-refractivity contribution >= 4 is 28.7 Å². The Balaban J connectivity index is 2.18. The van der Waals surface area contributed by atoms with Gasteiger partial charge >= 0.3 is 12.1 Å². The van der Waals surface area contributed by atoms with Gasteiger partial charge in [0.15, 0.2) is 0 Å². The number of ether oxygens (including phenoxy) is 2. The Bertz CT molecular complexity index is 1150. The summed E-state index contributed by atoms with van der Waals surface area (Å²) in [5.74, 6) is -0.846. The molecule has 2 atom stereocenters. The second-order valence-electron chi connectivity index (χ2n) is 9.16. The number of nitrogens with one attached hydrogen (secondary N) is 2. The molecule has 2 aromatic rings.